The van der Waals surface area contributed by atoms with Gasteiger partial charge in [0.1, 0.15) is 5.75 Å². The van der Waals surface area contributed by atoms with Crippen LogP contribution in [-0.2, 0) is 0 Å². The number of hydrogen-bond acceptors (Lipinski definition) is 3. The van der Waals surface area contributed by atoms with Gasteiger partial charge in [-0.2, -0.15) is 0 Å². The highest BCUT2D eigenvalue weighted by atomic mass is 16.5. The van der Waals surface area contributed by atoms with E-state index in [1.807, 2.05) is 13.0 Å². The Balaban J connectivity index is 2.42. The molecule has 16 heavy (non-hydrogen) atoms. The first-order valence-corrected chi connectivity index (χ1v) is 4.75. The van der Waals surface area contributed by atoms with Gasteiger partial charge in [0.05, 0.1) is 5.56 Å². The molecular formula is C11H11N3O2. The van der Waals surface area contributed by atoms with Crippen LogP contribution in [0.25, 0.3) is 0 Å². The van der Waals surface area contributed by atoms with Crippen molar-refractivity contribution in [1.29, 1.82) is 0 Å². The molecular weight excluding hydrogens is 206 g/mol. The SMILES string of the molecule is Cc1cccc(C(N)=O)c1Oc1ncc[nH]1. The van der Waals surface area contributed by atoms with Crippen molar-refractivity contribution in [1.82, 2.24) is 9.97 Å². The van der Waals surface area contributed by atoms with E-state index < -0.39 is 5.91 Å². The van der Waals surface area contributed by atoms with Gasteiger partial charge < -0.3 is 15.5 Å². The van der Waals surface area contributed by atoms with Crippen LogP contribution in [0.3, 0.4) is 0 Å². The third kappa shape index (κ3) is 1.88. The van der Waals surface area contributed by atoms with Gasteiger partial charge in [-0.25, -0.2) is 4.98 Å². The Morgan fingerprint density at radius 3 is 2.94 bits per heavy atom. The average Bonchev–Trinajstić information content (AvgIpc) is 2.73. The van der Waals surface area contributed by atoms with Gasteiger partial charge in [-0.15, -0.1) is 0 Å². The van der Waals surface area contributed by atoms with Crippen LogP contribution in [0.4, 0.5) is 0 Å². The second-order valence-corrected chi connectivity index (χ2v) is 3.31. The molecule has 0 saturated carbocycles. The predicted molar refractivity (Wildman–Crippen MR) is 58.4 cm³/mol. The van der Waals surface area contributed by atoms with E-state index >= 15 is 0 Å². The Kier molecular flexibility index (Phi) is 2.59. The van der Waals surface area contributed by atoms with Crippen molar-refractivity contribution in [2.45, 2.75) is 6.92 Å². The van der Waals surface area contributed by atoms with E-state index in [0.29, 0.717) is 17.3 Å². The number of primary amides is 1. The summed E-state index contributed by atoms with van der Waals surface area (Å²) >= 11 is 0. The van der Waals surface area contributed by atoms with E-state index in [9.17, 15) is 4.79 Å². The molecule has 5 heteroatoms. The molecule has 5 nitrogen and oxygen atoms in total. The zero-order valence-corrected chi connectivity index (χ0v) is 8.73. The molecule has 0 unspecified atom stereocenters. The topological polar surface area (TPSA) is 81.0 Å². The maximum absolute atomic E-state index is 11.2. The van der Waals surface area contributed by atoms with Crippen LogP contribution in [0.15, 0.2) is 30.6 Å². The fraction of sp³-hybridized carbons (Fsp3) is 0.0909. The Morgan fingerprint density at radius 2 is 2.31 bits per heavy atom. The van der Waals surface area contributed by atoms with Gasteiger partial charge in [0, 0.05) is 12.4 Å². The highest BCUT2D eigenvalue weighted by Gasteiger charge is 2.13. The minimum absolute atomic E-state index is 0.330. The van der Waals surface area contributed by atoms with Crippen molar-refractivity contribution in [3.8, 4) is 11.8 Å². The van der Waals surface area contributed by atoms with Gasteiger partial charge in [-0.3, -0.25) is 4.79 Å². The molecule has 0 aliphatic carbocycles. The molecule has 0 spiro atoms. The number of aromatic amines is 1. The number of carbonyl (C=O) groups excluding carboxylic acids is 1. The minimum atomic E-state index is -0.523. The number of amides is 1. The van der Waals surface area contributed by atoms with E-state index in [1.165, 1.54) is 0 Å². The summed E-state index contributed by atoms with van der Waals surface area (Å²) in [6.45, 7) is 1.84. The second-order valence-electron chi connectivity index (χ2n) is 3.31. The van der Waals surface area contributed by atoms with Crippen molar-refractivity contribution in [2.24, 2.45) is 5.73 Å². The van der Waals surface area contributed by atoms with Crippen molar-refractivity contribution in [2.75, 3.05) is 0 Å². The number of rotatable bonds is 3. The molecule has 2 aromatic rings. The molecule has 0 saturated heterocycles. The molecule has 1 aromatic heterocycles. The fourth-order valence-electron chi connectivity index (χ4n) is 1.39. The van der Waals surface area contributed by atoms with Crippen LogP contribution in [-0.4, -0.2) is 15.9 Å². The number of nitrogens with zero attached hydrogens (tertiary/aromatic N) is 1. The van der Waals surface area contributed by atoms with Crippen molar-refractivity contribution in [3.63, 3.8) is 0 Å². The second kappa shape index (κ2) is 4.06. The number of ether oxygens (including phenoxy) is 1. The molecule has 0 aliphatic rings. The zero-order valence-electron chi connectivity index (χ0n) is 8.73. The van der Waals surface area contributed by atoms with Crippen LogP contribution in [0.2, 0.25) is 0 Å². The minimum Gasteiger partial charge on any atom is -0.425 e. The first-order chi connectivity index (χ1) is 7.68. The van der Waals surface area contributed by atoms with E-state index in [1.54, 1.807) is 24.5 Å². The number of aromatic nitrogens is 2. The van der Waals surface area contributed by atoms with Gasteiger partial charge >= 0.3 is 0 Å². The third-order valence-corrected chi connectivity index (χ3v) is 2.15. The zero-order chi connectivity index (χ0) is 11.5. The lowest BCUT2D eigenvalue weighted by Crippen LogP contribution is -2.12. The smallest absolute Gasteiger partial charge is 0.299 e. The number of aryl methyl sites for hydroxylation is 1. The molecule has 3 N–H and O–H groups in total. The molecule has 1 amide bonds. The molecule has 0 radical (unpaired) electrons. The molecule has 1 heterocycles. The lowest BCUT2D eigenvalue weighted by molar-refractivity contribution is 0.0998. The highest BCUT2D eigenvalue weighted by Crippen LogP contribution is 2.26. The van der Waals surface area contributed by atoms with Crippen LogP contribution >= 0.6 is 0 Å². The van der Waals surface area contributed by atoms with E-state index in [2.05, 4.69) is 9.97 Å². The molecule has 1 aromatic carbocycles. The number of carbonyl (C=O) groups is 1. The quantitative estimate of drug-likeness (QED) is 0.819. The molecule has 0 aliphatic heterocycles. The number of benzene rings is 1. The number of hydrogen-bond donors (Lipinski definition) is 2. The summed E-state index contributed by atoms with van der Waals surface area (Å²) in [7, 11) is 0. The predicted octanol–water partition coefficient (Wildman–Crippen LogP) is 1.61. The maximum Gasteiger partial charge on any atom is 0.299 e. The maximum atomic E-state index is 11.2. The Hall–Kier alpha value is -2.30. The van der Waals surface area contributed by atoms with Crippen molar-refractivity contribution < 1.29 is 9.53 Å². The van der Waals surface area contributed by atoms with E-state index in [0.717, 1.165) is 5.56 Å². The fourth-order valence-corrected chi connectivity index (χ4v) is 1.39. The van der Waals surface area contributed by atoms with Crippen LogP contribution in [0, 0.1) is 6.92 Å². The lowest BCUT2D eigenvalue weighted by Gasteiger charge is -2.09. The molecule has 2 rings (SSSR count). The van der Waals surface area contributed by atoms with Crippen molar-refractivity contribution >= 4 is 5.91 Å². The van der Waals surface area contributed by atoms with Crippen LogP contribution in [0.5, 0.6) is 11.8 Å². The Morgan fingerprint density at radius 1 is 1.50 bits per heavy atom. The molecule has 0 fully saturated rings. The summed E-state index contributed by atoms with van der Waals surface area (Å²) in [5, 5.41) is 0. The van der Waals surface area contributed by atoms with Crippen LogP contribution < -0.4 is 10.5 Å². The summed E-state index contributed by atoms with van der Waals surface area (Å²) in [4.78, 5) is 17.9. The highest BCUT2D eigenvalue weighted by molar-refractivity contribution is 5.96. The van der Waals surface area contributed by atoms with E-state index in [-0.39, 0.29) is 0 Å². The first kappa shape index (κ1) is 10.2. The Bertz CT molecular complexity index is 506. The van der Waals surface area contributed by atoms with Gasteiger partial charge in [0.25, 0.3) is 11.9 Å². The normalized spacial score (nSPS) is 10.1. The lowest BCUT2D eigenvalue weighted by atomic mass is 10.1. The number of nitrogens with one attached hydrogen (secondary N) is 1. The van der Waals surface area contributed by atoms with Crippen LogP contribution in [0.1, 0.15) is 15.9 Å². The van der Waals surface area contributed by atoms with Gasteiger partial charge in [-0.1, -0.05) is 12.1 Å². The molecule has 0 bridgehead atoms. The monoisotopic (exact) mass is 217 g/mol. The summed E-state index contributed by atoms with van der Waals surface area (Å²) in [6.07, 6.45) is 3.20. The summed E-state index contributed by atoms with van der Waals surface area (Å²) in [5.41, 5.74) is 6.43. The molecule has 82 valence electrons. The summed E-state index contributed by atoms with van der Waals surface area (Å²) in [6, 6.07) is 5.54. The number of imidazole rings is 1. The number of para-hydroxylation sites is 1. The number of nitrogens with two attached hydrogens (primary N) is 1. The van der Waals surface area contributed by atoms with Gasteiger partial charge in [0.2, 0.25) is 0 Å². The standard InChI is InChI=1S/C11H11N3O2/c1-7-3-2-4-8(10(12)15)9(7)16-11-13-5-6-14-11/h2-6H,1H3,(H2,12,15)(H,13,14). The Labute approximate surface area is 92.3 Å². The van der Waals surface area contributed by atoms with Gasteiger partial charge in [0.15, 0.2) is 0 Å². The summed E-state index contributed by atoms with van der Waals surface area (Å²) < 4.78 is 5.47. The number of H-pyrrole nitrogens is 1. The first-order valence-electron chi connectivity index (χ1n) is 4.75. The van der Waals surface area contributed by atoms with Crippen molar-refractivity contribution in [3.05, 3.63) is 41.7 Å². The third-order valence-electron chi connectivity index (χ3n) is 2.15. The van der Waals surface area contributed by atoms with E-state index in [4.69, 9.17) is 10.5 Å². The average molecular weight is 217 g/mol. The largest absolute Gasteiger partial charge is 0.425 e. The molecule has 0 atom stereocenters. The summed E-state index contributed by atoms with van der Waals surface area (Å²) in [5.74, 6) is -0.0878. The van der Waals surface area contributed by atoms with Gasteiger partial charge in [-0.05, 0) is 18.6 Å².